The van der Waals surface area contributed by atoms with Crippen LogP contribution in [0.15, 0.2) is 64.5 Å². The Morgan fingerprint density at radius 3 is 2.71 bits per heavy atom. The molecule has 5 rings (SSSR count). The maximum absolute atomic E-state index is 13.3. The topological polar surface area (TPSA) is 123 Å². The molecule has 0 bridgehead atoms. The summed E-state index contributed by atoms with van der Waals surface area (Å²) in [5.74, 6) is 1.19. The SMILES string of the molecule is Cn1cc(-c2cc3c(NCCNC4=NCC(C(C)(N)C5=CC=C(F)CC5)C=N4)ncnn3c2)cn1. The van der Waals surface area contributed by atoms with Gasteiger partial charge < -0.3 is 16.4 Å². The van der Waals surface area contributed by atoms with Crippen molar-refractivity contribution in [1.82, 2.24) is 29.7 Å². The predicted octanol–water partition coefficient (Wildman–Crippen LogP) is 2.48. The van der Waals surface area contributed by atoms with E-state index in [1.54, 1.807) is 15.3 Å². The summed E-state index contributed by atoms with van der Waals surface area (Å²) in [5.41, 5.74) is 9.95. The summed E-state index contributed by atoms with van der Waals surface area (Å²) < 4.78 is 16.9. The zero-order valence-electron chi connectivity index (χ0n) is 19.8. The van der Waals surface area contributed by atoms with Crippen molar-refractivity contribution in [2.24, 2.45) is 28.7 Å². The lowest BCUT2D eigenvalue weighted by molar-refractivity contribution is 0.420. The quantitative estimate of drug-likeness (QED) is 0.450. The molecule has 0 fully saturated rings. The molecule has 2 aliphatic rings. The molecule has 1 aliphatic carbocycles. The Bertz CT molecular complexity index is 1340. The van der Waals surface area contributed by atoms with Crippen LogP contribution >= 0.6 is 0 Å². The van der Waals surface area contributed by atoms with Crippen LogP contribution in [-0.2, 0) is 7.05 Å². The van der Waals surface area contributed by atoms with Crippen LogP contribution in [0.3, 0.4) is 0 Å². The Morgan fingerprint density at radius 1 is 1.14 bits per heavy atom. The molecule has 3 aromatic heterocycles. The number of anilines is 1. The van der Waals surface area contributed by atoms with Gasteiger partial charge in [0.2, 0.25) is 5.96 Å². The fourth-order valence-electron chi connectivity index (χ4n) is 4.33. The fourth-order valence-corrected chi connectivity index (χ4v) is 4.33. The highest BCUT2D eigenvalue weighted by Gasteiger charge is 2.34. The standard InChI is InChI=1S/C24H29FN10/c1-24(26,18-3-5-20(25)6-4-18)19-11-29-23(30-12-19)28-8-7-27-22-21-9-16(14-35(21)33-15-31-22)17-10-32-34(2)13-17/h3,5,9-11,13-15,19H,4,6-8,12,26H2,1-2H3,(H,28,30)(H,27,31,33). The Balaban J connectivity index is 1.15. The highest BCUT2D eigenvalue weighted by molar-refractivity contribution is 5.90. The van der Waals surface area contributed by atoms with Gasteiger partial charge in [0, 0.05) is 67.8 Å². The molecule has 0 amide bonds. The van der Waals surface area contributed by atoms with Crippen molar-refractivity contribution in [3.63, 3.8) is 0 Å². The van der Waals surface area contributed by atoms with Crippen molar-refractivity contribution < 1.29 is 4.39 Å². The van der Waals surface area contributed by atoms with Gasteiger partial charge in [0.25, 0.3) is 0 Å². The number of halogens is 1. The summed E-state index contributed by atoms with van der Waals surface area (Å²) >= 11 is 0. The lowest BCUT2D eigenvalue weighted by atomic mass is 9.77. The van der Waals surface area contributed by atoms with E-state index >= 15 is 0 Å². The van der Waals surface area contributed by atoms with Gasteiger partial charge in [0.05, 0.1) is 12.7 Å². The van der Waals surface area contributed by atoms with E-state index in [0.717, 1.165) is 28.0 Å². The maximum Gasteiger partial charge on any atom is 0.217 e. The summed E-state index contributed by atoms with van der Waals surface area (Å²) in [4.78, 5) is 13.4. The summed E-state index contributed by atoms with van der Waals surface area (Å²) in [6.45, 7) is 3.73. The molecular formula is C24H29FN10. The summed E-state index contributed by atoms with van der Waals surface area (Å²) in [5, 5.41) is 15.1. The van der Waals surface area contributed by atoms with Crippen molar-refractivity contribution in [1.29, 1.82) is 0 Å². The first kappa shape index (κ1) is 22.9. The molecule has 0 spiro atoms. The number of aromatic nitrogens is 5. The minimum Gasteiger partial charge on any atom is -0.366 e. The van der Waals surface area contributed by atoms with Crippen molar-refractivity contribution >= 4 is 23.5 Å². The molecule has 2 unspecified atom stereocenters. The van der Waals surface area contributed by atoms with E-state index in [9.17, 15) is 4.39 Å². The van der Waals surface area contributed by atoms with E-state index in [4.69, 9.17) is 5.73 Å². The first-order chi connectivity index (χ1) is 16.9. The third-order valence-electron chi connectivity index (χ3n) is 6.52. The van der Waals surface area contributed by atoms with Crippen LogP contribution in [0.25, 0.3) is 16.6 Å². The lowest BCUT2D eigenvalue weighted by Crippen LogP contribution is -2.49. The first-order valence-corrected chi connectivity index (χ1v) is 11.6. The molecule has 4 N–H and O–H groups in total. The van der Waals surface area contributed by atoms with Gasteiger partial charge >= 0.3 is 0 Å². The van der Waals surface area contributed by atoms with Crippen molar-refractivity contribution in [2.75, 3.05) is 25.0 Å². The molecule has 0 aromatic carbocycles. The maximum atomic E-state index is 13.3. The van der Waals surface area contributed by atoms with Gasteiger partial charge in [-0.05, 0) is 31.1 Å². The van der Waals surface area contributed by atoms with Gasteiger partial charge in [-0.25, -0.2) is 18.9 Å². The number of allylic oxidation sites excluding steroid dienone is 3. The van der Waals surface area contributed by atoms with E-state index in [0.29, 0.717) is 38.4 Å². The van der Waals surface area contributed by atoms with Crippen LogP contribution in [0, 0.1) is 5.92 Å². The molecule has 11 heteroatoms. The Morgan fingerprint density at radius 2 is 2.00 bits per heavy atom. The van der Waals surface area contributed by atoms with E-state index in [-0.39, 0.29) is 11.7 Å². The molecular weight excluding hydrogens is 447 g/mol. The lowest BCUT2D eigenvalue weighted by Gasteiger charge is -2.35. The van der Waals surface area contributed by atoms with E-state index < -0.39 is 5.54 Å². The fraction of sp³-hybridized carbons (Fsp3) is 0.375. The third kappa shape index (κ3) is 4.85. The average molecular weight is 477 g/mol. The third-order valence-corrected chi connectivity index (χ3v) is 6.52. The Labute approximate surface area is 202 Å². The Kier molecular flexibility index (Phi) is 6.16. The molecule has 0 saturated heterocycles. The largest absolute Gasteiger partial charge is 0.366 e. The van der Waals surface area contributed by atoms with Crippen LogP contribution < -0.4 is 16.4 Å². The smallest absolute Gasteiger partial charge is 0.217 e. The van der Waals surface area contributed by atoms with Gasteiger partial charge in [-0.15, -0.1) is 0 Å². The van der Waals surface area contributed by atoms with Crippen molar-refractivity contribution in [3.8, 4) is 11.1 Å². The second-order valence-corrected chi connectivity index (χ2v) is 9.06. The second-order valence-electron chi connectivity index (χ2n) is 9.06. The van der Waals surface area contributed by atoms with Gasteiger partial charge in [-0.2, -0.15) is 10.2 Å². The number of aryl methyl sites for hydroxylation is 1. The zero-order valence-corrected chi connectivity index (χ0v) is 19.8. The Hall–Kier alpha value is -3.86. The molecule has 35 heavy (non-hydrogen) atoms. The van der Waals surface area contributed by atoms with Crippen LogP contribution in [0.5, 0.6) is 0 Å². The molecule has 0 radical (unpaired) electrons. The van der Waals surface area contributed by atoms with Crippen molar-refractivity contribution in [2.45, 2.75) is 25.3 Å². The number of nitrogens with one attached hydrogen (secondary N) is 2. The van der Waals surface area contributed by atoms with Gasteiger partial charge in [0.1, 0.15) is 17.7 Å². The van der Waals surface area contributed by atoms with Crippen LogP contribution in [0.1, 0.15) is 19.8 Å². The molecule has 4 heterocycles. The van der Waals surface area contributed by atoms with E-state index in [1.165, 1.54) is 12.4 Å². The second kappa shape index (κ2) is 9.41. The van der Waals surface area contributed by atoms with Crippen LogP contribution in [-0.4, -0.2) is 61.7 Å². The number of guanidine groups is 1. The average Bonchev–Trinajstić information content (AvgIpc) is 3.49. The molecule has 2 atom stereocenters. The van der Waals surface area contributed by atoms with Gasteiger partial charge in [-0.3, -0.25) is 9.67 Å². The minimum absolute atomic E-state index is 0.0373. The molecule has 3 aromatic rings. The molecule has 10 nitrogen and oxygen atoms in total. The number of fused-ring (bicyclic) bond motifs is 1. The summed E-state index contributed by atoms with van der Waals surface area (Å²) in [7, 11) is 1.89. The van der Waals surface area contributed by atoms with E-state index in [1.807, 2.05) is 44.8 Å². The zero-order chi connectivity index (χ0) is 24.4. The van der Waals surface area contributed by atoms with E-state index in [2.05, 4.69) is 35.8 Å². The van der Waals surface area contributed by atoms with Gasteiger partial charge in [-0.1, -0.05) is 6.08 Å². The molecule has 0 saturated carbocycles. The van der Waals surface area contributed by atoms with Crippen LogP contribution in [0.4, 0.5) is 10.2 Å². The van der Waals surface area contributed by atoms with Crippen molar-refractivity contribution in [3.05, 3.63) is 54.5 Å². The normalized spacial score (nSPS) is 19.7. The highest BCUT2D eigenvalue weighted by atomic mass is 19.1. The summed E-state index contributed by atoms with van der Waals surface area (Å²) in [6.07, 6.45) is 13.5. The summed E-state index contributed by atoms with van der Waals surface area (Å²) in [6, 6.07) is 2.04. The number of nitrogens with two attached hydrogens (primary N) is 1. The number of nitrogens with zero attached hydrogens (tertiary/aromatic N) is 7. The number of hydrogen-bond donors (Lipinski definition) is 3. The molecule has 1 aliphatic heterocycles. The predicted molar refractivity (Wildman–Crippen MR) is 135 cm³/mol. The number of hydrogen-bond acceptors (Lipinski definition) is 8. The van der Waals surface area contributed by atoms with Crippen LogP contribution in [0.2, 0.25) is 0 Å². The number of rotatable bonds is 7. The molecule has 182 valence electrons. The minimum atomic E-state index is -0.610. The van der Waals surface area contributed by atoms with Gasteiger partial charge in [0.15, 0.2) is 5.82 Å². The first-order valence-electron chi connectivity index (χ1n) is 11.6. The monoisotopic (exact) mass is 476 g/mol. The highest BCUT2D eigenvalue weighted by Crippen LogP contribution is 2.31. The number of aliphatic imine (C=N–C) groups is 2.